The van der Waals surface area contributed by atoms with Crippen molar-refractivity contribution in [2.24, 2.45) is 5.92 Å². The molecule has 0 radical (unpaired) electrons. The molecule has 2 N–H and O–H groups in total. The molecule has 1 aromatic carbocycles. The maximum atomic E-state index is 12.9. The molecule has 0 unspecified atom stereocenters. The average Bonchev–Trinajstić information content (AvgIpc) is 2.61. The molecular weight excluding hydrogens is 334 g/mol. The number of thiocarbonyl (C=S) groups is 1. The van der Waals surface area contributed by atoms with E-state index < -0.39 is 0 Å². The van der Waals surface area contributed by atoms with E-state index in [4.69, 9.17) is 12.2 Å². The zero-order valence-electron chi connectivity index (χ0n) is 15.2. The summed E-state index contributed by atoms with van der Waals surface area (Å²) >= 11 is 5.20. The largest absolute Gasteiger partial charge is 0.339 e. The van der Waals surface area contributed by atoms with Crippen LogP contribution in [-0.2, 0) is 4.79 Å². The number of carbonyl (C=O) groups excluding carboxylic acids is 2. The smallest absolute Gasteiger partial charge is 0.255 e. The van der Waals surface area contributed by atoms with E-state index in [1.807, 2.05) is 24.1 Å². The Hall–Kier alpha value is -1.95. The highest BCUT2D eigenvalue weighted by Crippen LogP contribution is 2.25. The van der Waals surface area contributed by atoms with Crippen LogP contribution in [0.25, 0.3) is 0 Å². The van der Waals surface area contributed by atoms with Gasteiger partial charge in [-0.1, -0.05) is 45.2 Å². The van der Waals surface area contributed by atoms with Crippen LogP contribution in [-0.4, -0.2) is 34.9 Å². The van der Waals surface area contributed by atoms with Crippen LogP contribution in [0, 0.1) is 5.92 Å². The number of rotatable bonds is 4. The monoisotopic (exact) mass is 361 g/mol. The van der Waals surface area contributed by atoms with Crippen LogP contribution >= 0.6 is 12.2 Å². The standard InChI is InChI=1S/C19H27N3O2S/c1-13(2)17(23)21-19(25)20-16-12-8-7-11-15(16)18(24)22(3)14-9-5-4-6-10-14/h7-8,11-14H,4-6,9-10H2,1-3H3,(H2,20,21,23,25). The number of carbonyl (C=O) groups is 2. The highest BCUT2D eigenvalue weighted by molar-refractivity contribution is 7.80. The van der Waals surface area contributed by atoms with E-state index in [0.717, 1.165) is 12.8 Å². The fraction of sp³-hybridized carbons (Fsp3) is 0.526. The Morgan fingerprint density at radius 1 is 1.16 bits per heavy atom. The number of anilines is 1. The summed E-state index contributed by atoms with van der Waals surface area (Å²) in [7, 11) is 1.87. The molecule has 2 amide bonds. The van der Waals surface area contributed by atoms with Crippen molar-refractivity contribution in [1.82, 2.24) is 10.2 Å². The van der Waals surface area contributed by atoms with Gasteiger partial charge in [-0.05, 0) is 37.2 Å². The molecule has 136 valence electrons. The van der Waals surface area contributed by atoms with Gasteiger partial charge in [0.15, 0.2) is 5.11 Å². The number of hydrogen-bond acceptors (Lipinski definition) is 3. The Morgan fingerprint density at radius 3 is 2.44 bits per heavy atom. The molecule has 1 aromatic rings. The van der Waals surface area contributed by atoms with Crippen molar-refractivity contribution in [1.29, 1.82) is 0 Å². The summed E-state index contributed by atoms with van der Waals surface area (Å²) in [6, 6.07) is 7.56. The summed E-state index contributed by atoms with van der Waals surface area (Å²) in [6.45, 7) is 3.60. The van der Waals surface area contributed by atoms with Crippen LogP contribution in [0.3, 0.4) is 0 Å². The van der Waals surface area contributed by atoms with E-state index in [9.17, 15) is 9.59 Å². The van der Waals surface area contributed by atoms with E-state index in [-0.39, 0.29) is 22.8 Å². The minimum Gasteiger partial charge on any atom is -0.339 e. The lowest BCUT2D eigenvalue weighted by molar-refractivity contribution is -0.122. The summed E-state index contributed by atoms with van der Waals surface area (Å²) < 4.78 is 0. The number of para-hydroxylation sites is 1. The van der Waals surface area contributed by atoms with Gasteiger partial charge in [0.1, 0.15) is 0 Å². The molecule has 0 atom stereocenters. The molecule has 0 aliphatic heterocycles. The fourth-order valence-corrected chi connectivity index (χ4v) is 3.22. The minimum absolute atomic E-state index is 0.0204. The lowest BCUT2D eigenvalue weighted by atomic mass is 9.94. The van der Waals surface area contributed by atoms with Gasteiger partial charge in [0, 0.05) is 19.0 Å². The van der Waals surface area contributed by atoms with E-state index in [1.165, 1.54) is 19.3 Å². The van der Waals surface area contributed by atoms with Crippen LogP contribution in [0.15, 0.2) is 24.3 Å². The quantitative estimate of drug-likeness (QED) is 0.805. The number of nitrogens with one attached hydrogen (secondary N) is 2. The highest BCUT2D eigenvalue weighted by atomic mass is 32.1. The van der Waals surface area contributed by atoms with Crippen LogP contribution < -0.4 is 10.6 Å². The molecular formula is C19H27N3O2S. The van der Waals surface area contributed by atoms with Crippen molar-refractivity contribution in [3.05, 3.63) is 29.8 Å². The maximum Gasteiger partial charge on any atom is 0.255 e. The van der Waals surface area contributed by atoms with Crippen molar-refractivity contribution in [2.75, 3.05) is 12.4 Å². The molecule has 1 aliphatic carbocycles. The minimum atomic E-state index is -0.158. The van der Waals surface area contributed by atoms with Gasteiger partial charge in [0.2, 0.25) is 5.91 Å². The van der Waals surface area contributed by atoms with E-state index in [1.54, 1.807) is 26.0 Å². The second kappa shape index (κ2) is 8.94. The fourth-order valence-electron chi connectivity index (χ4n) is 3.01. The first kappa shape index (κ1) is 19.4. The Morgan fingerprint density at radius 2 is 1.80 bits per heavy atom. The van der Waals surface area contributed by atoms with Crippen molar-refractivity contribution >= 4 is 34.8 Å². The summed E-state index contributed by atoms with van der Waals surface area (Å²) in [5.74, 6) is -0.331. The van der Waals surface area contributed by atoms with Crippen molar-refractivity contribution in [3.8, 4) is 0 Å². The SMILES string of the molecule is CC(C)C(=O)NC(=S)Nc1ccccc1C(=O)N(C)C1CCCCC1. The van der Waals surface area contributed by atoms with Gasteiger partial charge >= 0.3 is 0 Å². The molecule has 0 aromatic heterocycles. The topological polar surface area (TPSA) is 61.4 Å². The Balaban J connectivity index is 2.10. The number of nitrogens with zero attached hydrogens (tertiary/aromatic N) is 1. The Labute approximate surface area is 155 Å². The first-order chi connectivity index (χ1) is 11.9. The van der Waals surface area contributed by atoms with Crippen LogP contribution in [0.2, 0.25) is 0 Å². The number of benzene rings is 1. The average molecular weight is 362 g/mol. The highest BCUT2D eigenvalue weighted by Gasteiger charge is 2.24. The Kier molecular flexibility index (Phi) is 6.93. The molecule has 0 saturated heterocycles. The molecule has 2 rings (SSSR count). The zero-order valence-corrected chi connectivity index (χ0v) is 16.0. The second-order valence-corrected chi connectivity index (χ2v) is 7.26. The third kappa shape index (κ3) is 5.26. The predicted molar refractivity (Wildman–Crippen MR) is 105 cm³/mol. The van der Waals surface area contributed by atoms with Crippen molar-refractivity contribution in [3.63, 3.8) is 0 Å². The molecule has 5 nitrogen and oxygen atoms in total. The molecule has 0 bridgehead atoms. The third-order valence-corrected chi connectivity index (χ3v) is 4.81. The van der Waals surface area contributed by atoms with Gasteiger partial charge in [-0.3, -0.25) is 9.59 Å². The lowest BCUT2D eigenvalue weighted by Gasteiger charge is -2.31. The molecule has 0 spiro atoms. The summed E-state index contributed by atoms with van der Waals surface area (Å²) in [6.07, 6.45) is 5.71. The van der Waals surface area contributed by atoms with Gasteiger partial charge < -0.3 is 15.5 Å². The van der Waals surface area contributed by atoms with Crippen LogP contribution in [0.5, 0.6) is 0 Å². The lowest BCUT2D eigenvalue weighted by Crippen LogP contribution is -2.39. The van der Waals surface area contributed by atoms with Gasteiger partial charge in [0.25, 0.3) is 5.91 Å². The normalized spacial score (nSPS) is 14.9. The van der Waals surface area contributed by atoms with E-state index in [0.29, 0.717) is 17.3 Å². The first-order valence-electron chi connectivity index (χ1n) is 8.88. The number of hydrogen-bond donors (Lipinski definition) is 2. The van der Waals surface area contributed by atoms with Crippen molar-refractivity contribution < 1.29 is 9.59 Å². The summed E-state index contributed by atoms with van der Waals surface area (Å²) in [5, 5.41) is 5.84. The molecule has 1 fully saturated rings. The number of amides is 2. The third-order valence-electron chi connectivity index (χ3n) is 4.61. The first-order valence-corrected chi connectivity index (χ1v) is 9.29. The van der Waals surface area contributed by atoms with E-state index in [2.05, 4.69) is 10.6 Å². The predicted octanol–water partition coefficient (Wildman–Crippen LogP) is 3.56. The molecule has 0 heterocycles. The maximum absolute atomic E-state index is 12.9. The Bertz CT molecular complexity index is 639. The molecule has 1 saturated carbocycles. The molecule has 25 heavy (non-hydrogen) atoms. The zero-order chi connectivity index (χ0) is 18.4. The molecule has 6 heteroatoms. The summed E-state index contributed by atoms with van der Waals surface area (Å²) in [4.78, 5) is 26.5. The van der Waals surface area contributed by atoms with Crippen LogP contribution in [0.4, 0.5) is 5.69 Å². The van der Waals surface area contributed by atoms with Crippen LogP contribution in [0.1, 0.15) is 56.3 Å². The second-order valence-electron chi connectivity index (χ2n) is 6.85. The van der Waals surface area contributed by atoms with Gasteiger partial charge in [-0.2, -0.15) is 0 Å². The van der Waals surface area contributed by atoms with Crippen molar-refractivity contribution in [2.45, 2.75) is 52.0 Å². The molecule has 1 aliphatic rings. The van der Waals surface area contributed by atoms with Gasteiger partial charge in [-0.15, -0.1) is 0 Å². The van der Waals surface area contributed by atoms with E-state index >= 15 is 0 Å². The van der Waals surface area contributed by atoms with Gasteiger partial charge in [-0.25, -0.2) is 0 Å². The van der Waals surface area contributed by atoms with Gasteiger partial charge in [0.05, 0.1) is 11.3 Å². The summed E-state index contributed by atoms with van der Waals surface area (Å²) in [5.41, 5.74) is 1.18.